The molecule has 1 heterocycles. The highest BCUT2D eigenvalue weighted by Crippen LogP contribution is 2.41. The summed E-state index contributed by atoms with van der Waals surface area (Å²) in [4.78, 5) is 16.8. The maximum atomic E-state index is 12.4. The number of fused-ring (bicyclic) bond motifs is 2. The van der Waals surface area contributed by atoms with Crippen molar-refractivity contribution in [2.24, 2.45) is 23.5 Å². The summed E-state index contributed by atoms with van der Waals surface area (Å²) >= 11 is 1.66. The van der Waals surface area contributed by atoms with Crippen molar-refractivity contribution in [1.82, 2.24) is 10.3 Å². The third-order valence-electron chi connectivity index (χ3n) is 5.13. The van der Waals surface area contributed by atoms with Gasteiger partial charge < -0.3 is 11.1 Å². The van der Waals surface area contributed by atoms with Crippen LogP contribution in [0.1, 0.15) is 42.8 Å². The molecule has 3 rings (SSSR count). The molecule has 0 radical (unpaired) electrons. The molecular formula is C16H25N3OS. The van der Waals surface area contributed by atoms with Crippen LogP contribution >= 0.6 is 11.3 Å². The Morgan fingerprint density at radius 3 is 2.76 bits per heavy atom. The van der Waals surface area contributed by atoms with Crippen LogP contribution in [0.4, 0.5) is 0 Å². The first-order valence-corrected chi connectivity index (χ1v) is 8.95. The number of hydrogen-bond acceptors (Lipinski definition) is 4. The summed E-state index contributed by atoms with van der Waals surface area (Å²) in [6, 6.07) is 0.334. The number of nitrogens with zero attached hydrogens (tertiary/aromatic N) is 1. The molecule has 21 heavy (non-hydrogen) atoms. The summed E-state index contributed by atoms with van der Waals surface area (Å²) in [5.41, 5.74) is 7.37. The lowest BCUT2D eigenvalue weighted by Gasteiger charge is -2.43. The molecule has 0 spiro atoms. The SMILES string of the molecule is Cc1nc(CCNC(=O)C2CC3CCCC(C2)C3N)cs1. The third-order valence-corrected chi connectivity index (χ3v) is 5.95. The van der Waals surface area contributed by atoms with Gasteiger partial charge >= 0.3 is 0 Å². The first-order chi connectivity index (χ1) is 10.1. The van der Waals surface area contributed by atoms with Gasteiger partial charge in [-0.05, 0) is 44.4 Å². The Bertz CT molecular complexity index is 487. The second-order valence-corrected chi connectivity index (χ2v) is 7.66. The minimum Gasteiger partial charge on any atom is -0.355 e. The number of thiazole rings is 1. The zero-order valence-corrected chi connectivity index (χ0v) is 13.5. The van der Waals surface area contributed by atoms with Crippen molar-refractivity contribution in [2.75, 3.05) is 6.54 Å². The van der Waals surface area contributed by atoms with Crippen LogP contribution in [0.3, 0.4) is 0 Å². The van der Waals surface area contributed by atoms with E-state index in [2.05, 4.69) is 15.7 Å². The van der Waals surface area contributed by atoms with E-state index in [9.17, 15) is 4.79 Å². The lowest BCUT2D eigenvalue weighted by molar-refractivity contribution is -0.127. The van der Waals surface area contributed by atoms with E-state index in [-0.39, 0.29) is 11.8 Å². The normalized spacial score (nSPS) is 31.9. The summed E-state index contributed by atoms with van der Waals surface area (Å²) in [6.45, 7) is 2.71. The van der Waals surface area contributed by atoms with Gasteiger partial charge in [0.05, 0.1) is 10.7 Å². The van der Waals surface area contributed by atoms with Crippen molar-refractivity contribution in [3.63, 3.8) is 0 Å². The van der Waals surface area contributed by atoms with Gasteiger partial charge in [-0.25, -0.2) is 4.98 Å². The van der Waals surface area contributed by atoms with E-state index >= 15 is 0 Å². The molecule has 2 atom stereocenters. The van der Waals surface area contributed by atoms with E-state index < -0.39 is 0 Å². The number of carbonyl (C=O) groups is 1. The van der Waals surface area contributed by atoms with Crippen LogP contribution in [0.5, 0.6) is 0 Å². The topological polar surface area (TPSA) is 68.0 Å². The summed E-state index contributed by atoms with van der Waals surface area (Å²) in [7, 11) is 0. The van der Waals surface area contributed by atoms with Crippen LogP contribution in [0.2, 0.25) is 0 Å². The molecule has 3 N–H and O–H groups in total. The summed E-state index contributed by atoms with van der Waals surface area (Å²) in [6.07, 6.45) is 6.51. The molecule has 0 aliphatic heterocycles. The highest BCUT2D eigenvalue weighted by atomic mass is 32.1. The number of carbonyl (C=O) groups excluding carboxylic acids is 1. The lowest BCUT2D eigenvalue weighted by atomic mass is 9.65. The zero-order chi connectivity index (χ0) is 14.8. The van der Waals surface area contributed by atoms with E-state index in [0.717, 1.165) is 30.0 Å². The van der Waals surface area contributed by atoms with Crippen molar-refractivity contribution in [1.29, 1.82) is 0 Å². The van der Waals surface area contributed by atoms with Crippen LogP contribution in [0.25, 0.3) is 0 Å². The van der Waals surface area contributed by atoms with Gasteiger partial charge in [-0.2, -0.15) is 0 Å². The van der Waals surface area contributed by atoms with Crippen molar-refractivity contribution < 1.29 is 4.79 Å². The largest absolute Gasteiger partial charge is 0.355 e. The Hall–Kier alpha value is -0.940. The first-order valence-electron chi connectivity index (χ1n) is 8.08. The fourth-order valence-corrected chi connectivity index (χ4v) is 4.63. The molecule has 116 valence electrons. The van der Waals surface area contributed by atoms with Gasteiger partial charge in [-0.15, -0.1) is 11.3 Å². The van der Waals surface area contributed by atoms with Crippen molar-refractivity contribution in [3.8, 4) is 0 Å². The third kappa shape index (κ3) is 3.46. The van der Waals surface area contributed by atoms with Gasteiger partial charge in [0.15, 0.2) is 0 Å². The number of aromatic nitrogens is 1. The molecule has 2 saturated carbocycles. The second kappa shape index (κ2) is 6.44. The standard InChI is InChI=1S/C16H25N3OS/c1-10-19-14(9-21-10)5-6-18-16(20)13-7-11-3-2-4-12(8-13)15(11)17/h9,11-13,15H,2-8,17H2,1H3,(H,18,20). The first kappa shape index (κ1) is 15.0. The lowest BCUT2D eigenvalue weighted by Crippen LogP contribution is -2.49. The quantitative estimate of drug-likeness (QED) is 0.896. The van der Waals surface area contributed by atoms with Gasteiger partial charge in [0.1, 0.15) is 0 Å². The molecule has 1 amide bonds. The monoisotopic (exact) mass is 307 g/mol. The highest BCUT2D eigenvalue weighted by molar-refractivity contribution is 7.09. The van der Waals surface area contributed by atoms with Crippen molar-refractivity contribution in [3.05, 3.63) is 16.1 Å². The number of amides is 1. The Kier molecular flexibility index (Phi) is 4.60. The Balaban J connectivity index is 1.47. The van der Waals surface area contributed by atoms with Gasteiger partial charge in [0, 0.05) is 30.3 Å². The fourth-order valence-electron chi connectivity index (χ4n) is 3.98. The van der Waals surface area contributed by atoms with Crippen LogP contribution in [-0.2, 0) is 11.2 Å². The molecule has 1 aromatic rings. The minimum absolute atomic E-state index is 0.178. The average molecular weight is 307 g/mol. The average Bonchev–Trinajstić information content (AvgIpc) is 2.84. The predicted octanol–water partition coefficient (Wildman–Crippen LogP) is 2.26. The van der Waals surface area contributed by atoms with E-state index in [4.69, 9.17) is 5.73 Å². The second-order valence-electron chi connectivity index (χ2n) is 6.60. The molecular weight excluding hydrogens is 282 g/mol. The number of aryl methyl sites for hydroxylation is 1. The maximum Gasteiger partial charge on any atom is 0.223 e. The van der Waals surface area contributed by atoms with E-state index in [0.29, 0.717) is 24.4 Å². The smallest absolute Gasteiger partial charge is 0.223 e. The van der Waals surface area contributed by atoms with Crippen molar-refractivity contribution >= 4 is 17.2 Å². The zero-order valence-electron chi connectivity index (χ0n) is 12.7. The number of hydrogen-bond donors (Lipinski definition) is 2. The van der Waals surface area contributed by atoms with Gasteiger partial charge in [0.25, 0.3) is 0 Å². The Labute approximate surface area is 130 Å². The molecule has 2 aliphatic carbocycles. The molecule has 1 aromatic heterocycles. The van der Waals surface area contributed by atoms with E-state index in [1.807, 2.05) is 6.92 Å². The van der Waals surface area contributed by atoms with Crippen molar-refractivity contribution in [2.45, 2.75) is 51.5 Å². The molecule has 2 bridgehead atoms. The molecule has 0 aromatic carbocycles. The summed E-state index contributed by atoms with van der Waals surface area (Å²) < 4.78 is 0. The number of nitrogens with two attached hydrogens (primary N) is 1. The molecule has 0 saturated heterocycles. The number of rotatable bonds is 4. The van der Waals surface area contributed by atoms with Gasteiger partial charge in [-0.3, -0.25) is 4.79 Å². The summed E-state index contributed by atoms with van der Waals surface area (Å²) in [5, 5.41) is 6.26. The minimum atomic E-state index is 0.178. The molecule has 4 nitrogen and oxygen atoms in total. The van der Waals surface area contributed by atoms with Gasteiger partial charge in [-0.1, -0.05) is 6.42 Å². The van der Waals surface area contributed by atoms with Crippen LogP contribution in [0.15, 0.2) is 5.38 Å². The van der Waals surface area contributed by atoms with Crippen LogP contribution < -0.4 is 11.1 Å². The fraction of sp³-hybridized carbons (Fsp3) is 0.750. The molecule has 5 heteroatoms. The van der Waals surface area contributed by atoms with Gasteiger partial charge in [0.2, 0.25) is 5.91 Å². The molecule has 2 aliphatic rings. The van der Waals surface area contributed by atoms with Crippen LogP contribution in [-0.4, -0.2) is 23.5 Å². The van der Waals surface area contributed by atoms with E-state index in [1.54, 1.807) is 11.3 Å². The summed E-state index contributed by atoms with van der Waals surface area (Å²) in [5.74, 6) is 1.53. The molecule has 2 unspecified atom stereocenters. The Morgan fingerprint density at radius 2 is 2.14 bits per heavy atom. The van der Waals surface area contributed by atoms with E-state index in [1.165, 1.54) is 19.3 Å². The molecule has 2 fully saturated rings. The predicted molar refractivity (Wildman–Crippen MR) is 85.1 cm³/mol. The number of nitrogens with one attached hydrogen (secondary N) is 1. The van der Waals surface area contributed by atoms with Crippen LogP contribution in [0, 0.1) is 24.7 Å². The Morgan fingerprint density at radius 1 is 1.43 bits per heavy atom. The highest BCUT2D eigenvalue weighted by Gasteiger charge is 2.40. The maximum absolute atomic E-state index is 12.4.